The number of hydrogen-bond donors (Lipinski definition) is 1. The van der Waals surface area contributed by atoms with Crippen LogP contribution in [0.15, 0.2) is 6.20 Å². The molecule has 0 aromatic carbocycles. The number of imidazole rings is 1. The lowest BCUT2D eigenvalue weighted by Gasteiger charge is -2.36. The van der Waals surface area contributed by atoms with E-state index in [0.717, 1.165) is 0 Å². The number of aliphatic hydroxyl groups is 1. The van der Waals surface area contributed by atoms with E-state index in [1.54, 1.807) is 16.4 Å². The summed E-state index contributed by atoms with van der Waals surface area (Å²) in [5.74, 6) is 0.596. The number of carbonyl (C=O) groups is 1. The van der Waals surface area contributed by atoms with Gasteiger partial charge in [0, 0.05) is 38.9 Å². The van der Waals surface area contributed by atoms with Gasteiger partial charge in [-0.2, -0.15) is 0 Å². The summed E-state index contributed by atoms with van der Waals surface area (Å²) in [7, 11) is 0. The molecule has 1 amide bonds. The zero-order valence-electron chi connectivity index (χ0n) is 17.0. The Labute approximate surface area is 179 Å². The van der Waals surface area contributed by atoms with Gasteiger partial charge in [-0.05, 0) is 30.7 Å². The van der Waals surface area contributed by atoms with Gasteiger partial charge in [-0.3, -0.25) is 0 Å². The number of amides is 1. The van der Waals surface area contributed by atoms with Crippen LogP contribution in [0.2, 0.25) is 0 Å². The van der Waals surface area contributed by atoms with E-state index in [4.69, 9.17) is 17.0 Å². The minimum Gasteiger partial charge on any atom is -0.444 e. The Bertz CT molecular complexity index is 756. The van der Waals surface area contributed by atoms with E-state index in [0.29, 0.717) is 42.1 Å². The van der Waals surface area contributed by atoms with Gasteiger partial charge in [0.15, 0.2) is 0 Å². The largest absolute Gasteiger partial charge is 0.444 e. The van der Waals surface area contributed by atoms with Gasteiger partial charge in [0.1, 0.15) is 16.1 Å². The maximum atomic E-state index is 12.1. The van der Waals surface area contributed by atoms with Gasteiger partial charge in [0.05, 0.1) is 12.6 Å². The quantitative estimate of drug-likeness (QED) is 0.413. The second kappa shape index (κ2) is 9.72. The highest BCUT2D eigenvalue weighted by atomic mass is 32.2. The molecule has 0 radical (unpaired) electrons. The van der Waals surface area contributed by atoms with Gasteiger partial charge in [0.2, 0.25) is 5.82 Å². The molecule has 0 bridgehead atoms. The van der Waals surface area contributed by atoms with Crippen LogP contribution in [-0.4, -0.2) is 83.4 Å². The summed E-state index contributed by atoms with van der Waals surface area (Å²) in [6.07, 6.45) is 0.265. The third-order valence-electron chi connectivity index (χ3n) is 4.15. The topological polar surface area (TPSA) is 114 Å². The molecular formula is C17H27N5O5S2. The number of hydrogen-bond acceptors (Lipinski definition) is 8. The molecule has 1 atom stereocenters. The van der Waals surface area contributed by atoms with Gasteiger partial charge >= 0.3 is 11.9 Å². The van der Waals surface area contributed by atoms with Gasteiger partial charge in [-0.15, -0.1) is 0 Å². The van der Waals surface area contributed by atoms with Crippen molar-refractivity contribution in [2.75, 3.05) is 31.9 Å². The van der Waals surface area contributed by atoms with Crippen LogP contribution in [0.5, 0.6) is 0 Å². The second-order valence-corrected chi connectivity index (χ2v) is 9.39. The number of aryl methyl sites for hydroxylation is 1. The summed E-state index contributed by atoms with van der Waals surface area (Å²) in [6, 6.07) is 0. The van der Waals surface area contributed by atoms with E-state index < -0.39 is 16.6 Å². The Balaban J connectivity index is 1.76. The molecule has 12 heteroatoms. The molecule has 1 fully saturated rings. The highest BCUT2D eigenvalue weighted by Crippen LogP contribution is 2.17. The molecule has 0 spiro atoms. The Kier molecular flexibility index (Phi) is 7.83. The summed E-state index contributed by atoms with van der Waals surface area (Å²) in [6.45, 7) is 9.62. The fourth-order valence-electron chi connectivity index (χ4n) is 2.70. The smallest absolute Gasteiger partial charge is 0.410 e. The van der Waals surface area contributed by atoms with Crippen LogP contribution in [0.4, 0.5) is 10.6 Å². The molecule has 2 heterocycles. The fourth-order valence-corrected chi connectivity index (χ4v) is 3.89. The molecule has 1 aromatic rings. The number of piperazine rings is 1. The predicted molar refractivity (Wildman–Crippen MR) is 114 cm³/mol. The number of thioether (sulfide) groups is 1. The third kappa shape index (κ3) is 7.12. The van der Waals surface area contributed by atoms with Crippen LogP contribution >= 0.6 is 24.0 Å². The zero-order valence-corrected chi connectivity index (χ0v) is 18.7. The first-order valence-corrected chi connectivity index (χ1v) is 10.6. The lowest BCUT2D eigenvalue weighted by atomic mass is 10.2. The van der Waals surface area contributed by atoms with Crippen molar-refractivity contribution in [1.29, 1.82) is 0 Å². The van der Waals surface area contributed by atoms with Crippen molar-refractivity contribution < 1.29 is 19.6 Å². The molecule has 162 valence electrons. The normalized spacial score (nSPS) is 15.9. The number of aliphatic hydroxyl groups excluding tert-OH is 1. The lowest BCUT2D eigenvalue weighted by Crippen LogP contribution is -2.50. The number of thiocarbonyl (C=S) groups is 1. The molecule has 1 aliphatic rings. The first-order valence-electron chi connectivity index (χ1n) is 9.22. The van der Waals surface area contributed by atoms with Crippen molar-refractivity contribution in [2.24, 2.45) is 0 Å². The standard InChI is InChI=1S/C17H27N5O5S2/c1-12-18-14(22(25)26)10-21(12)9-13(23)11-29-16(28)20-7-5-19(6-8-20)15(24)27-17(2,3)4/h10,13,23H,5-9,11H2,1-4H3. The fraction of sp³-hybridized carbons (Fsp3) is 0.706. The van der Waals surface area contributed by atoms with Crippen molar-refractivity contribution in [2.45, 2.75) is 45.9 Å². The van der Waals surface area contributed by atoms with Crippen LogP contribution in [-0.2, 0) is 11.3 Å². The predicted octanol–water partition coefficient (Wildman–Crippen LogP) is 2.03. The highest BCUT2D eigenvalue weighted by Gasteiger charge is 2.27. The van der Waals surface area contributed by atoms with E-state index >= 15 is 0 Å². The Morgan fingerprint density at radius 2 is 1.97 bits per heavy atom. The minimum absolute atomic E-state index is 0.203. The Morgan fingerprint density at radius 1 is 1.38 bits per heavy atom. The summed E-state index contributed by atoms with van der Waals surface area (Å²) in [4.78, 5) is 29.9. The molecular weight excluding hydrogens is 418 g/mol. The number of aromatic nitrogens is 2. The van der Waals surface area contributed by atoms with Gasteiger partial charge in [-0.25, -0.2) is 4.79 Å². The molecule has 29 heavy (non-hydrogen) atoms. The molecule has 10 nitrogen and oxygen atoms in total. The average molecular weight is 446 g/mol. The Hall–Kier alpha value is -1.92. The number of nitro groups is 1. The van der Waals surface area contributed by atoms with E-state index in [-0.39, 0.29) is 18.5 Å². The van der Waals surface area contributed by atoms with Crippen LogP contribution in [0.1, 0.15) is 26.6 Å². The molecule has 1 aromatic heterocycles. The molecule has 0 saturated carbocycles. The van der Waals surface area contributed by atoms with Crippen LogP contribution in [0.3, 0.4) is 0 Å². The van der Waals surface area contributed by atoms with E-state index in [1.165, 1.54) is 18.0 Å². The second-order valence-electron chi connectivity index (χ2n) is 7.74. The summed E-state index contributed by atoms with van der Waals surface area (Å²) >= 11 is 6.80. The lowest BCUT2D eigenvalue weighted by molar-refractivity contribution is -0.389. The SMILES string of the molecule is Cc1nc([N+](=O)[O-])cn1CC(O)CSC(=S)N1CCN(C(=O)OC(C)(C)C)CC1. The number of nitrogens with zero attached hydrogens (tertiary/aromatic N) is 5. The molecule has 1 saturated heterocycles. The average Bonchev–Trinajstić information content (AvgIpc) is 2.99. The van der Waals surface area contributed by atoms with Crippen LogP contribution in [0, 0.1) is 17.0 Å². The maximum absolute atomic E-state index is 12.1. The minimum atomic E-state index is -0.728. The van der Waals surface area contributed by atoms with E-state index in [1.807, 2.05) is 25.7 Å². The number of ether oxygens (including phenoxy) is 1. The van der Waals surface area contributed by atoms with E-state index in [2.05, 4.69) is 4.98 Å². The molecule has 0 aliphatic carbocycles. The monoisotopic (exact) mass is 445 g/mol. The number of carbonyl (C=O) groups excluding carboxylic acids is 1. The van der Waals surface area contributed by atoms with Crippen molar-refractivity contribution in [1.82, 2.24) is 19.4 Å². The van der Waals surface area contributed by atoms with Gasteiger partial charge in [-0.1, -0.05) is 24.0 Å². The summed E-state index contributed by atoms with van der Waals surface area (Å²) < 4.78 is 7.60. The van der Waals surface area contributed by atoms with Crippen molar-refractivity contribution in [3.05, 3.63) is 22.1 Å². The molecule has 1 unspecified atom stereocenters. The Morgan fingerprint density at radius 3 is 2.48 bits per heavy atom. The zero-order chi connectivity index (χ0) is 21.8. The molecule has 1 N–H and O–H groups in total. The number of rotatable bonds is 5. The first kappa shape index (κ1) is 23.4. The van der Waals surface area contributed by atoms with E-state index in [9.17, 15) is 20.0 Å². The third-order valence-corrected chi connectivity index (χ3v) is 5.81. The van der Waals surface area contributed by atoms with Crippen molar-refractivity contribution in [3.63, 3.8) is 0 Å². The first-order chi connectivity index (χ1) is 13.5. The van der Waals surface area contributed by atoms with Crippen molar-refractivity contribution >= 4 is 40.2 Å². The van der Waals surface area contributed by atoms with Gasteiger partial charge in [0.25, 0.3) is 0 Å². The molecule has 1 aliphatic heterocycles. The van der Waals surface area contributed by atoms with Crippen molar-refractivity contribution in [3.8, 4) is 0 Å². The van der Waals surface area contributed by atoms with Crippen LogP contribution in [0.25, 0.3) is 0 Å². The van der Waals surface area contributed by atoms with Gasteiger partial charge < -0.3 is 34.3 Å². The summed E-state index contributed by atoms with van der Waals surface area (Å²) in [5.41, 5.74) is -0.524. The highest BCUT2D eigenvalue weighted by molar-refractivity contribution is 8.22. The maximum Gasteiger partial charge on any atom is 0.410 e. The molecule has 2 rings (SSSR count). The summed E-state index contributed by atoms with van der Waals surface area (Å²) in [5, 5.41) is 21.0. The van der Waals surface area contributed by atoms with Crippen LogP contribution < -0.4 is 0 Å².